The van der Waals surface area contributed by atoms with Gasteiger partial charge in [0.15, 0.2) is 16.8 Å². The van der Waals surface area contributed by atoms with Gasteiger partial charge in [0.05, 0.1) is 19.3 Å². The highest BCUT2D eigenvalue weighted by Crippen LogP contribution is 2.19. The van der Waals surface area contributed by atoms with E-state index >= 15 is 0 Å². The molecule has 0 radical (unpaired) electrons. The van der Waals surface area contributed by atoms with E-state index in [4.69, 9.17) is 4.74 Å². The number of anilines is 2. The van der Waals surface area contributed by atoms with Gasteiger partial charge in [-0.3, -0.25) is 9.59 Å². The third kappa shape index (κ3) is 6.01. The van der Waals surface area contributed by atoms with Gasteiger partial charge in [-0.25, -0.2) is 8.78 Å². The average Bonchev–Trinajstić information content (AvgIpc) is 3.09. The van der Waals surface area contributed by atoms with E-state index in [0.717, 1.165) is 23.9 Å². The quantitative estimate of drug-likeness (QED) is 0.515. The lowest BCUT2D eigenvalue weighted by molar-refractivity contribution is -0.116. The maximum absolute atomic E-state index is 13.2. The third-order valence-electron chi connectivity index (χ3n) is 4.15. The summed E-state index contributed by atoms with van der Waals surface area (Å²) in [4.78, 5) is 24.3. The number of hydrogen-bond donors (Lipinski definition) is 2. The summed E-state index contributed by atoms with van der Waals surface area (Å²) >= 11 is 1.10. The highest BCUT2D eigenvalue weighted by Gasteiger charge is 2.15. The average molecular weight is 447 g/mol. The number of methoxy groups -OCH3 is 1. The van der Waals surface area contributed by atoms with Crippen molar-refractivity contribution < 1.29 is 23.1 Å². The number of aromatic nitrogens is 3. The van der Waals surface area contributed by atoms with E-state index < -0.39 is 17.5 Å². The van der Waals surface area contributed by atoms with Gasteiger partial charge in [-0.15, -0.1) is 10.2 Å². The summed E-state index contributed by atoms with van der Waals surface area (Å²) in [6, 6.07) is 10.0. The lowest BCUT2D eigenvalue weighted by Crippen LogP contribution is -2.17. The minimum absolute atomic E-state index is 0.00284. The molecule has 0 spiro atoms. The highest BCUT2D eigenvalue weighted by molar-refractivity contribution is 7.99. The first-order chi connectivity index (χ1) is 14.9. The van der Waals surface area contributed by atoms with Crippen molar-refractivity contribution in [2.75, 3.05) is 23.5 Å². The van der Waals surface area contributed by atoms with E-state index in [2.05, 4.69) is 20.8 Å². The summed E-state index contributed by atoms with van der Waals surface area (Å²) in [7, 11) is 3.25. The molecule has 0 fully saturated rings. The zero-order chi connectivity index (χ0) is 22.4. The summed E-state index contributed by atoms with van der Waals surface area (Å²) in [5.41, 5.74) is 0.773. The van der Waals surface area contributed by atoms with Gasteiger partial charge < -0.3 is 19.9 Å². The van der Waals surface area contributed by atoms with Gasteiger partial charge in [0, 0.05) is 24.5 Å². The Hall–Kier alpha value is -3.47. The van der Waals surface area contributed by atoms with Crippen molar-refractivity contribution in [3.63, 3.8) is 0 Å². The van der Waals surface area contributed by atoms with Gasteiger partial charge in [-0.05, 0) is 36.4 Å². The molecule has 0 saturated heterocycles. The highest BCUT2D eigenvalue weighted by atomic mass is 32.2. The van der Waals surface area contributed by atoms with Crippen molar-refractivity contribution in [1.82, 2.24) is 14.8 Å². The minimum Gasteiger partial charge on any atom is -0.497 e. The van der Waals surface area contributed by atoms with Crippen molar-refractivity contribution in [1.29, 1.82) is 0 Å². The molecule has 0 aliphatic heterocycles. The molecule has 0 aliphatic rings. The van der Waals surface area contributed by atoms with Crippen LogP contribution in [0.25, 0.3) is 0 Å². The number of nitrogens with one attached hydrogen (secondary N) is 2. The topological polar surface area (TPSA) is 98.1 Å². The second kappa shape index (κ2) is 10.0. The molecule has 162 valence electrons. The number of carbonyl (C=O) groups excluding carboxylic acids is 2. The minimum atomic E-state index is -1.05. The SMILES string of the molecule is COc1ccc(NC(=O)Cc2nnc(SCC(=O)Nc3ccc(F)c(F)c3)n2C)cc1. The Labute approximate surface area is 181 Å². The molecule has 0 atom stereocenters. The predicted octanol–water partition coefficient (Wildman–Crippen LogP) is 3.01. The molecule has 0 unspecified atom stereocenters. The first-order valence-electron chi connectivity index (χ1n) is 9.05. The first-order valence-corrected chi connectivity index (χ1v) is 10.0. The molecule has 0 bridgehead atoms. The normalized spacial score (nSPS) is 10.6. The summed E-state index contributed by atoms with van der Waals surface area (Å²) < 4.78 is 32.9. The van der Waals surface area contributed by atoms with Crippen LogP contribution < -0.4 is 15.4 Å². The van der Waals surface area contributed by atoms with E-state index in [1.807, 2.05) is 0 Å². The van der Waals surface area contributed by atoms with Crippen LogP contribution in [0.2, 0.25) is 0 Å². The molecule has 2 aromatic carbocycles. The molecule has 31 heavy (non-hydrogen) atoms. The van der Waals surface area contributed by atoms with Gasteiger partial charge in [-0.2, -0.15) is 0 Å². The zero-order valence-electron chi connectivity index (χ0n) is 16.7. The van der Waals surface area contributed by atoms with Gasteiger partial charge in [-0.1, -0.05) is 11.8 Å². The van der Waals surface area contributed by atoms with Crippen LogP contribution in [0.1, 0.15) is 5.82 Å². The Balaban J connectivity index is 1.52. The second-order valence-electron chi connectivity index (χ2n) is 6.38. The standard InChI is InChI=1S/C20H19F2N5O3S/c1-27-17(10-18(28)23-12-3-6-14(30-2)7-4-12)25-26-20(27)31-11-19(29)24-13-5-8-15(21)16(22)9-13/h3-9H,10-11H2,1-2H3,(H,23,28)(H,24,29). The molecule has 2 N–H and O–H groups in total. The van der Waals surface area contributed by atoms with Crippen molar-refractivity contribution in [3.8, 4) is 5.75 Å². The molecule has 3 aromatic rings. The molecule has 3 rings (SSSR count). The number of ether oxygens (including phenoxy) is 1. The summed E-state index contributed by atoms with van der Waals surface area (Å²) in [6.45, 7) is 0. The van der Waals surface area contributed by atoms with Gasteiger partial charge in [0.2, 0.25) is 11.8 Å². The molecule has 2 amide bonds. The predicted molar refractivity (Wildman–Crippen MR) is 112 cm³/mol. The number of rotatable bonds is 8. The smallest absolute Gasteiger partial charge is 0.234 e. The van der Waals surface area contributed by atoms with Crippen LogP contribution in [0.3, 0.4) is 0 Å². The van der Waals surface area contributed by atoms with E-state index in [1.165, 1.54) is 6.07 Å². The summed E-state index contributed by atoms with van der Waals surface area (Å²) in [6.07, 6.45) is -0.00284. The number of nitrogens with zero attached hydrogens (tertiary/aromatic N) is 3. The molecule has 1 heterocycles. The van der Waals surface area contributed by atoms with Crippen LogP contribution in [0, 0.1) is 11.6 Å². The molecular formula is C20H19F2N5O3S. The van der Waals surface area contributed by atoms with Crippen LogP contribution in [0.5, 0.6) is 5.75 Å². The fourth-order valence-electron chi connectivity index (χ4n) is 2.55. The fraction of sp³-hybridized carbons (Fsp3) is 0.200. The second-order valence-corrected chi connectivity index (χ2v) is 7.32. The Kier molecular flexibility index (Phi) is 7.19. The Morgan fingerprint density at radius 2 is 1.68 bits per heavy atom. The molecule has 0 aliphatic carbocycles. The van der Waals surface area contributed by atoms with Crippen LogP contribution in [-0.4, -0.2) is 39.4 Å². The van der Waals surface area contributed by atoms with Gasteiger partial charge in [0.1, 0.15) is 11.6 Å². The Morgan fingerprint density at radius 3 is 2.35 bits per heavy atom. The first kappa shape index (κ1) is 22.2. The Bertz CT molecular complexity index is 1090. The van der Waals surface area contributed by atoms with Crippen LogP contribution in [-0.2, 0) is 23.1 Å². The number of amides is 2. The largest absolute Gasteiger partial charge is 0.497 e. The maximum atomic E-state index is 13.2. The number of thioether (sulfide) groups is 1. The zero-order valence-corrected chi connectivity index (χ0v) is 17.5. The molecule has 1 aromatic heterocycles. The van der Waals surface area contributed by atoms with Crippen molar-refractivity contribution >= 4 is 35.0 Å². The van der Waals surface area contributed by atoms with E-state index in [-0.39, 0.29) is 23.8 Å². The lowest BCUT2D eigenvalue weighted by atomic mass is 10.3. The van der Waals surface area contributed by atoms with Crippen LogP contribution >= 0.6 is 11.8 Å². The molecule has 0 saturated carbocycles. The third-order valence-corrected chi connectivity index (χ3v) is 5.17. The van der Waals surface area contributed by atoms with Crippen molar-refractivity contribution in [2.45, 2.75) is 11.6 Å². The van der Waals surface area contributed by atoms with Crippen molar-refractivity contribution in [2.24, 2.45) is 7.05 Å². The van der Waals surface area contributed by atoms with Crippen molar-refractivity contribution in [3.05, 3.63) is 59.9 Å². The monoisotopic (exact) mass is 447 g/mol. The fourth-order valence-corrected chi connectivity index (χ4v) is 3.28. The Morgan fingerprint density at radius 1 is 1.00 bits per heavy atom. The summed E-state index contributed by atoms with van der Waals surface area (Å²) in [5.74, 6) is -1.64. The number of carbonyl (C=O) groups is 2. The van der Waals surface area contributed by atoms with E-state index in [1.54, 1.807) is 43.0 Å². The maximum Gasteiger partial charge on any atom is 0.234 e. The molecule has 11 heteroatoms. The number of halogens is 2. The number of hydrogen-bond acceptors (Lipinski definition) is 6. The molecule has 8 nitrogen and oxygen atoms in total. The summed E-state index contributed by atoms with van der Waals surface area (Å²) in [5, 5.41) is 13.7. The van der Waals surface area contributed by atoms with E-state index in [0.29, 0.717) is 22.4 Å². The van der Waals surface area contributed by atoms with Gasteiger partial charge >= 0.3 is 0 Å². The van der Waals surface area contributed by atoms with Crippen LogP contribution in [0.4, 0.5) is 20.2 Å². The lowest BCUT2D eigenvalue weighted by Gasteiger charge is -2.07. The van der Waals surface area contributed by atoms with E-state index in [9.17, 15) is 18.4 Å². The van der Waals surface area contributed by atoms with Gasteiger partial charge in [0.25, 0.3) is 0 Å². The van der Waals surface area contributed by atoms with Crippen LogP contribution in [0.15, 0.2) is 47.6 Å². The number of benzene rings is 2. The molecular weight excluding hydrogens is 428 g/mol.